The van der Waals surface area contributed by atoms with Crippen molar-refractivity contribution in [3.63, 3.8) is 0 Å². The third kappa shape index (κ3) is 4.84. The van der Waals surface area contributed by atoms with Crippen molar-refractivity contribution in [2.45, 2.75) is 13.8 Å². The van der Waals surface area contributed by atoms with E-state index in [1.54, 1.807) is 30.3 Å². The van der Waals surface area contributed by atoms with Crippen LogP contribution in [0, 0.1) is 13.8 Å². The molecule has 6 nitrogen and oxygen atoms in total. The summed E-state index contributed by atoms with van der Waals surface area (Å²) in [7, 11) is -0.938. The van der Waals surface area contributed by atoms with E-state index in [2.05, 4.69) is 21.2 Å². The zero-order valence-electron chi connectivity index (χ0n) is 15.2. The van der Waals surface area contributed by atoms with Gasteiger partial charge in [0, 0.05) is 24.3 Å². The summed E-state index contributed by atoms with van der Waals surface area (Å²) in [5.41, 5.74) is 2.78. The van der Waals surface area contributed by atoms with Gasteiger partial charge in [0.15, 0.2) is 0 Å². The van der Waals surface area contributed by atoms with Gasteiger partial charge in [-0.05, 0) is 55.3 Å². The van der Waals surface area contributed by atoms with E-state index in [-0.39, 0.29) is 6.54 Å². The highest BCUT2D eigenvalue weighted by Gasteiger charge is 2.28. The van der Waals surface area contributed by atoms with Gasteiger partial charge in [-0.25, -0.2) is 4.31 Å². The van der Waals surface area contributed by atoms with Crippen LogP contribution in [-0.4, -0.2) is 39.3 Å². The van der Waals surface area contributed by atoms with Crippen LogP contribution in [0.15, 0.2) is 46.9 Å². The standard InChI is InChI=1S/C18H22BrN3O3S/c1-13-5-6-14(2)17(11-13)22(26(24,25)21(3)4)12-18(23)20-16-9-7-15(19)8-10-16/h5-11H,12H2,1-4H3,(H,20,23). The van der Waals surface area contributed by atoms with Gasteiger partial charge in [-0.2, -0.15) is 12.7 Å². The maximum atomic E-state index is 12.8. The Hall–Kier alpha value is -1.90. The smallest absolute Gasteiger partial charge is 0.304 e. The first-order chi connectivity index (χ1) is 12.1. The number of aryl methyl sites for hydroxylation is 2. The molecule has 0 aliphatic heterocycles. The predicted octanol–water partition coefficient (Wildman–Crippen LogP) is 3.32. The van der Waals surface area contributed by atoms with Crippen molar-refractivity contribution in [2.75, 3.05) is 30.3 Å². The van der Waals surface area contributed by atoms with E-state index >= 15 is 0 Å². The van der Waals surface area contributed by atoms with E-state index in [1.165, 1.54) is 14.1 Å². The Balaban J connectivity index is 2.34. The molecule has 0 bridgehead atoms. The van der Waals surface area contributed by atoms with Crippen molar-refractivity contribution in [1.29, 1.82) is 0 Å². The number of amides is 1. The summed E-state index contributed by atoms with van der Waals surface area (Å²) in [4.78, 5) is 12.5. The van der Waals surface area contributed by atoms with E-state index in [0.29, 0.717) is 11.4 Å². The summed E-state index contributed by atoms with van der Waals surface area (Å²) >= 11 is 3.33. The van der Waals surface area contributed by atoms with Crippen LogP contribution in [0.4, 0.5) is 11.4 Å². The van der Waals surface area contributed by atoms with Gasteiger partial charge in [0.2, 0.25) is 5.91 Å². The zero-order chi connectivity index (χ0) is 19.5. The van der Waals surface area contributed by atoms with Crippen LogP contribution in [-0.2, 0) is 15.0 Å². The molecule has 2 rings (SSSR count). The fourth-order valence-electron chi connectivity index (χ4n) is 2.34. The topological polar surface area (TPSA) is 69.7 Å². The molecule has 0 aliphatic rings. The van der Waals surface area contributed by atoms with E-state index in [9.17, 15) is 13.2 Å². The lowest BCUT2D eigenvalue weighted by Crippen LogP contribution is -2.44. The lowest BCUT2D eigenvalue weighted by molar-refractivity contribution is -0.114. The number of anilines is 2. The second-order valence-electron chi connectivity index (χ2n) is 6.14. The minimum absolute atomic E-state index is 0.319. The monoisotopic (exact) mass is 439 g/mol. The minimum Gasteiger partial charge on any atom is -0.325 e. The second kappa shape index (κ2) is 8.20. The highest BCUT2D eigenvalue weighted by atomic mass is 79.9. The molecule has 0 unspecified atom stereocenters. The van der Waals surface area contributed by atoms with Crippen LogP contribution in [0.25, 0.3) is 0 Å². The Bertz CT molecular complexity index is 896. The van der Waals surface area contributed by atoms with Crippen LogP contribution >= 0.6 is 15.9 Å². The highest BCUT2D eigenvalue weighted by molar-refractivity contribution is 9.10. The molecule has 0 aromatic heterocycles. The maximum Gasteiger partial charge on any atom is 0.304 e. The van der Waals surface area contributed by atoms with Crippen LogP contribution in [0.3, 0.4) is 0 Å². The van der Waals surface area contributed by atoms with Gasteiger partial charge in [0.1, 0.15) is 6.54 Å². The third-order valence-electron chi connectivity index (χ3n) is 3.79. The molecular formula is C18H22BrN3O3S. The van der Waals surface area contributed by atoms with Gasteiger partial charge in [-0.1, -0.05) is 28.1 Å². The number of nitrogens with one attached hydrogen (secondary N) is 1. The third-order valence-corrected chi connectivity index (χ3v) is 6.12. The van der Waals surface area contributed by atoms with Crippen molar-refractivity contribution in [2.24, 2.45) is 0 Å². The lowest BCUT2D eigenvalue weighted by atomic mass is 10.1. The molecule has 0 saturated heterocycles. The molecule has 0 saturated carbocycles. The van der Waals surface area contributed by atoms with Crippen LogP contribution < -0.4 is 9.62 Å². The number of carbonyl (C=O) groups excluding carboxylic acids is 1. The maximum absolute atomic E-state index is 12.8. The van der Waals surface area contributed by atoms with Gasteiger partial charge in [-0.3, -0.25) is 4.79 Å². The average Bonchev–Trinajstić information content (AvgIpc) is 2.57. The number of rotatable bonds is 6. The summed E-state index contributed by atoms with van der Waals surface area (Å²) in [5.74, 6) is -0.418. The lowest BCUT2D eigenvalue weighted by Gasteiger charge is -2.28. The van der Waals surface area contributed by atoms with Crippen molar-refractivity contribution in [3.05, 3.63) is 58.1 Å². The fraction of sp³-hybridized carbons (Fsp3) is 0.278. The number of benzene rings is 2. The molecule has 0 spiro atoms. The Morgan fingerprint density at radius 2 is 1.69 bits per heavy atom. The molecular weight excluding hydrogens is 418 g/mol. The largest absolute Gasteiger partial charge is 0.325 e. The van der Waals surface area contributed by atoms with E-state index in [4.69, 9.17) is 0 Å². The Morgan fingerprint density at radius 3 is 2.27 bits per heavy atom. The first-order valence-corrected chi connectivity index (χ1v) is 10.1. The molecule has 2 aromatic rings. The zero-order valence-corrected chi connectivity index (χ0v) is 17.6. The molecule has 140 valence electrons. The van der Waals surface area contributed by atoms with Gasteiger partial charge in [-0.15, -0.1) is 0 Å². The molecule has 2 aromatic carbocycles. The summed E-state index contributed by atoms with van der Waals surface area (Å²) in [6.45, 7) is 3.38. The Labute approximate surface area is 163 Å². The summed E-state index contributed by atoms with van der Waals surface area (Å²) in [5, 5.41) is 2.73. The molecule has 0 atom stereocenters. The van der Waals surface area contributed by atoms with Gasteiger partial charge in [0.05, 0.1) is 5.69 Å². The van der Waals surface area contributed by atoms with Gasteiger partial charge < -0.3 is 5.32 Å². The van der Waals surface area contributed by atoms with E-state index < -0.39 is 16.1 Å². The fourth-order valence-corrected chi connectivity index (χ4v) is 3.72. The summed E-state index contributed by atoms with van der Waals surface area (Å²) in [6.07, 6.45) is 0. The number of hydrogen-bond donors (Lipinski definition) is 1. The normalized spacial score (nSPS) is 11.5. The van der Waals surface area contributed by atoms with Crippen molar-refractivity contribution >= 4 is 43.4 Å². The molecule has 0 radical (unpaired) electrons. The predicted molar refractivity (Wildman–Crippen MR) is 109 cm³/mol. The first kappa shape index (κ1) is 20.4. The van der Waals surface area contributed by atoms with Gasteiger partial charge >= 0.3 is 10.2 Å². The van der Waals surface area contributed by atoms with Gasteiger partial charge in [0.25, 0.3) is 0 Å². The quantitative estimate of drug-likeness (QED) is 0.750. The first-order valence-electron chi connectivity index (χ1n) is 7.94. The molecule has 26 heavy (non-hydrogen) atoms. The molecule has 1 N–H and O–H groups in total. The minimum atomic E-state index is -3.83. The summed E-state index contributed by atoms with van der Waals surface area (Å²) in [6, 6.07) is 12.6. The summed E-state index contributed by atoms with van der Waals surface area (Å²) < 4.78 is 28.7. The van der Waals surface area contributed by atoms with Crippen molar-refractivity contribution in [3.8, 4) is 0 Å². The van der Waals surface area contributed by atoms with Crippen LogP contribution in [0.5, 0.6) is 0 Å². The van der Waals surface area contributed by atoms with E-state index in [0.717, 1.165) is 24.2 Å². The second-order valence-corrected chi connectivity index (χ2v) is 9.12. The molecule has 1 amide bonds. The number of nitrogens with zero attached hydrogens (tertiary/aromatic N) is 2. The van der Waals surface area contributed by atoms with Crippen LogP contribution in [0.1, 0.15) is 11.1 Å². The van der Waals surface area contributed by atoms with Crippen molar-refractivity contribution in [1.82, 2.24) is 4.31 Å². The highest BCUT2D eigenvalue weighted by Crippen LogP contribution is 2.25. The average molecular weight is 440 g/mol. The number of carbonyl (C=O) groups is 1. The Morgan fingerprint density at radius 1 is 1.08 bits per heavy atom. The number of halogens is 1. The molecule has 0 aliphatic carbocycles. The van der Waals surface area contributed by atoms with E-state index in [1.807, 2.05) is 26.0 Å². The SMILES string of the molecule is Cc1ccc(C)c(N(CC(=O)Nc2ccc(Br)cc2)S(=O)(=O)N(C)C)c1. The Kier molecular flexibility index (Phi) is 6.44. The van der Waals surface area contributed by atoms with Crippen molar-refractivity contribution < 1.29 is 13.2 Å². The molecule has 8 heteroatoms. The van der Waals surface area contributed by atoms with Crippen LogP contribution in [0.2, 0.25) is 0 Å². The molecule has 0 fully saturated rings. The number of hydrogen-bond acceptors (Lipinski definition) is 3. The molecule has 0 heterocycles.